The monoisotopic (exact) mass is 282 g/mol. The first-order chi connectivity index (χ1) is 9.69. The Bertz CT molecular complexity index is 270. The van der Waals surface area contributed by atoms with Crippen LogP contribution in [0.25, 0.3) is 0 Å². The Balaban J connectivity index is 2.57. The minimum absolute atomic E-state index is 0.576. The molecule has 0 aromatic heterocycles. The highest BCUT2D eigenvalue weighted by molar-refractivity contribution is 5.79. The maximum Gasteiger partial charge on any atom is 0.191 e. The molecule has 0 saturated heterocycles. The van der Waals surface area contributed by atoms with Crippen LogP contribution in [-0.4, -0.2) is 50.6 Å². The van der Waals surface area contributed by atoms with Crippen LogP contribution in [0.2, 0.25) is 0 Å². The third kappa shape index (κ3) is 6.12. The largest absolute Gasteiger partial charge is 0.357 e. The average molecular weight is 282 g/mol. The lowest BCUT2D eigenvalue weighted by molar-refractivity contribution is 0.176. The molecule has 1 atom stereocenters. The standard InChI is InChI=1S/C16H34N4/c1-5-12-18-16(17-6-2)19-13-15(20(3)4)14-10-8-7-9-11-14/h14-15H,5-13H2,1-4H3,(H2,17,18,19). The van der Waals surface area contributed by atoms with Crippen LogP contribution in [0.5, 0.6) is 0 Å². The molecule has 1 fully saturated rings. The number of nitrogens with zero attached hydrogens (tertiary/aromatic N) is 2. The molecule has 0 spiro atoms. The van der Waals surface area contributed by atoms with Crippen LogP contribution in [-0.2, 0) is 0 Å². The van der Waals surface area contributed by atoms with Crippen LogP contribution in [0.3, 0.4) is 0 Å². The van der Waals surface area contributed by atoms with E-state index in [9.17, 15) is 0 Å². The van der Waals surface area contributed by atoms with E-state index in [-0.39, 0.29) is 0 Å². The van der Waals surface area contributed by atoms with E-state index >= 15 is 0 Å². The van der Waals surface area contributed by atoms with Crippen LogP contribution < -0.4 is 10.6 Å². The smallest absolute Gasteiger partial charge is 0.191 e. The maximum absolute atomic E-state index is 4.80. The molecule has 0 radical (unpaired) electrons. The summed E-state index contributed by atoms with van der Waals surface area (Å²) in [6.07, 6.45) is 8.08. The van der Waals surface area contributed by atoms with Crippen molar-refractivity contribution >= 4 is 5.96 Å². The van der Waals surface area contributed by atoms with Crippen molar-refractivity contribution in [2.24, 2.45) is 10.9 Å². The van der Waals surface area contributed by atoms with Gasteiger partial charge in [-0.05, 0) is 46.2 Å². The third-order valence-electron chi connectivity index (χ3n) is 4.18. The fraction of sp³-hybridized carbons (Fsp3) is 0.938. The van der Waals surface area contributed by atoms with Gasteiger partial charge in [-0.25, -0.2) is 0 Å². The molecule has 118 valence electrons. The molecule has 1 rings (SSSR count). The Kier molecular flexibility index (Phi) is 8.67. The SMILES string of the molecule is CCCNC(=NCC(C1CCCCC1)N(C)C)NCC. The van der Waals surface area contributed by atoms with Gasteiger partial charge in [0, 0.05) is 19.1 Å². The first kappa shape index (κ1) is 17.3. The van der Waals surface area contributed by atoms with E-state index in [0.717, 1.165) is 37.9 Å². The van der Waals surface area contributed by atoms with E-state index < -0.39 is 0 Å². The van der Waals surface area contributed by atoms with Gasteiger partial charge in [0.05, 0.1) is 6.54 Å². The average Bonchev–Trinajstić information content (AvgIpc) is 2.45. The molecule has 0 aromatic carbocycles. The lowest BCUT2D eigenvalue weighted by Crippen LogP contribution is -2.42. The van der Waals surface area contributed by atoms with Gasteiger partial charge < -0.3 is 15.5 Å². The van der Waals surface area contributed by atoms with Crippen LogP contribution >= 0.6 is 0 Å². The number of rotatable bonds is 7. The number of likely N-dealkylation sites (N-methyl/N-ethyl adjacent to an activating group) is 1. The second-order valence-electron chi connectivity index (χ2n) is 6.08. The molecule has 4 heteroatoms. The first-order valence-electron chi connectivity index (χ1n) is 8.37. The van der Waals surface area contributed by atoms with Gasteiger partial charge in [-0.15, -0.1) is 0 Å². The molecule has 1 saturated carbocycles. The van der Waals surface area contributed by atoms with Gasteiger partial charge >= 0.3 is 0 Å². The summed E-state index contributed by atoms with van der Waals surface area (Å²) in [4.78, 5) is 7.16. The van der Waals surface area contributed by atoms with Gasteiger partial charge in [-0.2, -0.15) is 0 Å². The van der Waals surface area contributed by atoms with Crippen molar-refractivity contribution in [1.82, 2.24) is 15.5 Å². The van der Waals surface area contributed by atoms with Crippen LogP contribution in [0.1, 0.15) is 52.4 Å². The van der Waals surface area contributed by atoms with Gasteiger partial charge in [0.25, 0.3) is 0 Å². The minimum atomic E-state index is 0.576. The topological polar surface area (TPSA) is 39.7 Å². The highest BCUT2D eigenvalue weighted by Crippen LogP contribution is 2.28. The third-order valence-corrected chi connectivity index (χ3v) is 4.18. The summed E-state index contributed by atoms with van der Waals surface area (Å²) < 4.78 is 0. The fourth-order valence-corrected chi connectivity index (χ4v) is 3.02. The minimum Gasteiger partial charge on any atom is -0.357 e. The van der Waals surface area contributed by atoms with Crippen molar-refractivity contribution in [3.8, 4) is 0 Å². The van der Waals surface area contributed by atoms with Crippen molar-refractivity contribution in [1.29, 1.82) is 0 Å². The van der Waals surface area contributed by atoms with Crippen molar-refractivity contribution < 1.29 is 0 Å². The Hall–Kier alpha value is -0.770. The van der Waals surface area contributed by atoms with E-state index in [4.69, 9.17) is 4.99 Å². The number of hydrogen-bond acceptors (Lipinski definition) is 2. The van der Waals surface area contributed by atoms with Crippen LogP contribution in [0, 0.1) is 5.92 Å². The van der Waals surface area contributed by atoms with E-state index in [1.165, 1.54) is 32.1 Å². The van der Waals surface area contributed by atoms with Gasteiger partial charge in [0.1, 0.15) is 0 Å². The zero-order valence-electron chi connectivity index (χ0n) is 13.9. The molecule has 0 amide bonds. The number of hydrogen-bond donors (Lipinski definition) is 2. The second-order valence-corrected chi connectivity index (χ2v) is 6.08. The normalized spacial score (nSPS) is 19.1. The van der Waals surface area contributed by atoms with E-state index in [2.05, 4.69) is 43.5 Å². The molecule has 2 N–H and O–H groups in total. The molecule has 1 unspecified atom stereocenters. The molecular formula is C16H34N4. The summed E-state index contributed by atoms with van der Waals surface area (Å²) in [6.45, 7) is 7.11. The van der Waals surface area contributed by atoms with Gasteiger partial charge in [0.15, 0.2) is 5.96 Å². The molecule has 4 nitrogen and oxygen atoms in total. The van der Waals surface area contributed by atoms with Crippen molar-refractivity contribution in [2.45, 2.75) is 58.4 Å². The number of aliphatic imine (C=N–C) groups is 1. The van der Waals surface area contributed by atoms with Crippen LogP contribution in [0.4, 0.5) is 0 Å². The van der Waals surface area contributed by atoms with Gasteiger partial charge in [-0.3, -0.25) is 4.99 Å². The van der Waals surface area contributed by atoms with Crippen molar-refractivity contribution in [3.63, 3.8) is 0 Å². The Morgan fingerprint density at radius 3 is 2.40 bits per heavy atom. The van der Waals surface area contributed by atoms with E-state index in [1.807, 2.05) is 0 Å². The first-order valence-corrected chi connectivity index (χ1v) is 8.37. The Labute approximate surface area is 125 Å². The molecule has 1 aliphatic carbocycles. The molecule has 20 heavy (non-hydrogen) atoms. The summed E-state index contributed by atoms with van der Waals surface area (Å²) in [5.74, 6) is 1.79. The zero-order chi connectivity index (χ0) is 14.8. The van der Waals surface area contributed by atoms with E-state index in [1.54, 1.807) is 0 Å². The lowest BCUT2D eigenvalue weighted by Gasteiger charge is -2.34. The molecule has 0 aliphatic heterocycles. The van der Waals surface area contributed by atoms with Gasteiger partial charge in [0.2, 0.25) is 0 Å². The highest BCUT2D eigenvalue weighted by Gasteiger charge is 2.25. The summed E-state index contributed by atoms with van der Waals surface area (Å²) in [7, 11) is 4.39. The lowest BCUT2D eigenvalue weighted by atomic mass is 9.83. The van der Waals surface area contributed by atoms with Crippen molar-refractivity contribution in [2.75, 3.05) is 33.7 Å². The quantitative estimate of drug-likeness (QED) is 0.556. The predicted molar refractivity (Wildman–Crippen MR) is 88.3 cm³/mol. The molecule has 0 bridgehead atoms. The summed E-state index contributed by atoms with van der Waals surface area (Å²) in [6, 6.07) is 0.576. The number of nitrogens with one attached hydrogen (secondary N) is 2. The van der Waals surface area contributed by atoms with Crippen molar-refractivity contribution in [3.05, 3.63) is 0 Å². The summed E-state index contributed by atoms with van der Waals surface area (Å²) in [5, 5.41) is 6.72. The highest BCUT2D eigenvalue weighted by atomic mass is 15.2. The number of guanidine groups is 1. The van der Waals surface area contributed by atoms with Gasteiger partial charge in [-0.1, -0.05) is 26.2 Å². The van der Waals surface area contributed by atoms with E-state index in [0.29, 0.717) is 6.04 Å². The molecule has 0 heterocycles. The summed E-state index contributed by atoms with van der Waals surface area (Å²) >= 11 is 0. The predicted octanol–water partition coefficient (Wildman–Crippen LogP) is 2.46. The zero-order valence-corrected chi connectivity index (χ0v) is 13.9. The fourth-order valence-electron chi connectivity index (χ4n) is 3.02. The van der Waals surface area contributed by atoms with Crippen LogP contribution in [0.15, 0.2) is 4.99 Å². The Morgan fingerprint density at radius 1 is 1.15 bits per heavy atom. The maximum atomic E-state index is 4.80. The molecular weight excluding hydrogens is 248 g/mol. The molecule has 1 aliphatic rings. The summed E-state index contributed by atoms with van der Waals surface area (Å²) in [5.41, 5.74) is 0. The Morgan fingerprint density at radius 2 is 1.85 bits per heavy atom. The second kappa shape index (κ2) is 10.0. The molecule has 0 aromatic rings.